The molecule has 2 N–H and O–H groups in total. The van der Waals surface area contributed by atoms with Crippen LogP contribution in [0.15, 0.2) is 30.7 Å². The quantitative estimate of drug-likeness (QED) is 0.767. The van der Waals surface area contributed by atoms with Crippen molar-refractivity contribution in [3.63, 3.8) is 0 Å². The SMILES string of the molecule is Cc1cncc(-c2cnc(N)cc2C)c1. The minimum atomic E-state index is 0.553. The highest BCUT2D eigenvalue weighted by molar-refractivity contribution is 5.67. The molecule has 0 atom stereocenters. The van der Waals surface area contributed by atoms with Crippen LogP contribution in [0.3, 0.4) is 0 Å². The van der Waals surface area contributed by atoms with Gasteiger partial charge in [-0.15, -0.1) is 0 Å². The summed E-state index contributed by atoms with van der Waals surface area (Å²) in [6.45, 7) is 4.05. The lowest BCUT2D eigenvalue weighted by Gasteiger charge is -2.06. The number of anilines is 1. The highest BCUT2D eigenvalue weighted by Crippen LogP contribution is 2.23. The second-order valence-electron chi connectivity index (χ2n) is 3.68. The Morgan fingerprint density at radius 2 is 1.87 bits per heavy atom. The van der Waals surface area contributed by atoms with Crippen molar-refractivity contribution in [2.24, 2.45) is 0 Å². The fourth-order valence-electron chi connectivity index (χ4n) is 1.58. The number of nitrogens with zero attached hydrogens (tertiary/aromatic N) is 2. The van der Waals surface area contributed by atoms with E-state index in [0.29, 0.717) is 5.82 Å². The molecule has 3 heteroatoms. The standard InChI is InChI=1S/C12H13N3/c1-8-3-10(6-14-5-8)11-7-15-12(13)4-9(11)2/h3-7H,1-2H3,(H2,13,15). The van der Waals surface area contributed by atoms with E-state index in [2.05, 4.69) is 16.0 Å². The van der Waals surface area contributed by atoms with E-state index in [0.717, 1.165) is 22.3 Å². The van der Waals surface area contributed by atoms with E-state index in [4.69, 9.17) is 5.73 Å². The zero-order valence-electron chi connectivity index (χ0n) is 8.86. The number of pyridine rings is 2. The first kappa shape index (κ1) is 9.65. The third-order valence-electron chi connectivity index (χ3n) is 2.32. The van der Waals surface area contributed by atoms with Crippen molar-refractivity contribution in [2.45, 2.75) is 13.8 Å². The topological polar surface area (TPSA) is 51.8 Å². The van der Waals surface area contributed by atoms with Gasteiger partial charge in [0, 0.05) is 29.7 Å². The zero-order valence-corrected chi connectivity index (χ0v) is 8.86. The molecular weight excluding hydrogens is 186 g/mol. The van der Waals surface area contributed by atoms with Crippen LogP contribution < -0.4 is 5.73 Å². The van der Waals surface area contributed by atoms with E-state index in [1.807, 2.05) is 32.3 Å². The number of hydrogen-bond acceptors (Lipinski definition) is 3. The Hall–Kier alpha value is -1.90. The van der Waals surface area contributed by atoms with Gasteiger partial charge in [-0.3, -0.25) is 4.98 Å². The normalized spacial score (nSPS) is 10.3. The number of aromatic nitrogens is 2. The maximum atomic E-state index is 5.61. The molecule has 2 heterocycles. The van der Waals surface area contributed by atoms with Crippen molar-refractivity contribution >= 4 is 5.82 Å². The van der Waals surface area contributed by atoms with Crippen LogP contribution in [0.4, 0.5) is 5.82 Å². The summed E-state index contributed by atoms with van der Waals surface area (Å²) in [4.78, 5) is 8.26. The summed E-state index contributed by atoms with van der Waals surface area (Å²) in [5, 5.41) is 0. The van der Waals surface area contributed by atoms with E-state index in [-0.39, 0.29) is 0 Å². The van der Waals surface area contributed by atoms with Crippen molar-refractivity contribution in [1.29, 1.82) is 0 Å². The molecule has 0 bridgehead atoms. The molecule has 0 aliphatic rings. The Labute approximate surface area is 89.0 Å². The number of aryl methyl sites for hydroxylation is 2. The van der Waals surface area contributed by atoms with Crippen LogP contribution in [-0.4, -0.2) is 9.97 Å². The van der Waals surface area contributed by atoms with E-state index >= 15 is 0 Å². The molecule has 0 saturated heterocycles. The average molecular weight is 199 g/mol. The van der Waals surface area contributed by atoms with Gasteiger partial charge in [-0.1, -0.05) is 0 Å². The Bertz CT molecular complexity index is 492. The van der Waals surface area contributed by atoms with Crippen molar-refractivity contribution in [1.82, 2.24) is 9.97 Å². The minimum Gasteiger partial charge on any atom is -0.384 e. The van der Waals surface area contributed by atoms with Gasteiger partial charge in [0.05, 0.1) is 0 Å². The molecule has 2 rings (SSSR count). The number of nitrogens with two attached hydrogens (primary N) is 1. The van der Waals surface area contributed by atoms with Crippen LogP contribution in [0.25, 0.3) is 11.1 Å². The number of hydrogen-bond donors (Lipinski definition) is 1. The Morgan fingerprint density at radius 1 is 1.07 bits per heavy atom. The van der Waals surface area contributed by atoms with Crippen molar-refractivity contribution in [3.8, 4) is 11.1 Å². The maximum absolute atomic E-state index is 5.61. The monoisotopic (exact) mass is 199 g/mol. The maximum Gasteiger partial charge on any atom is 0.123 e. The van der Waals surface area contributed by atoms with Crippen LogP contribution in [-0.2, 0) is 0 Å². The van der Waals surface area contributed by atoms with Gasteiger partial charge in [0.25, 0.3) is 0 Å². The predicted octanol–water partition coefficient (Wildman–Crippen LogP) is 2.34. The summed E-state index contributed by atoms with van der Waals surface area (Å²) in [6, 6.07) is 3.96. The van der Waals surface area contributed by atoms with E-state index < -0.39 is 0 Å². The summed E-state index contributed by atoms with van der Waals surface area (Å²) < 4.78 is 0. The lowest BCUT2D eigenvalue weighted by molar-refractivity contribution is 1.25. The predicted molar refractivity (Wildman–Crippen MR) is 61.4 cm³/mol. The molecule has 0 aromatic carbocycles. The van der Waals surface area contributed by atoms with Gasteiger partial charge < -0.3 is 5.73 Å². The molecule has 0 amide bonds. The average Bonchev–Trinajstić information content (AvgIpc) is 2.17. The summed E-state index contributed by atoms with van der Waals surface area (Å²) >= 11 is 0. The molecule has 0 aliphatic heterocycles. The van der Waals surface area contributed by atoms with Crippen LogP contribution in [0.1, 0.15) is 11.1 Å². The van der Waals surface area contributed by atoms with Crippen LogP contribution in [0, 0.1) is 13.8 Å². The van der Waals surface area contributed by atoms with Gasteiger partial charge in [-0.05, 0) is 37.1 Å². The molecule has 0 radical (unpaired) electrons. The molecular formula is C12H13N3. The van der Waals surface area contributed by atoms with Crippen LogP contribution in [0.5, 0.6) is 0 Å². The first-order chi connectivity index (χ1) is 7.16. The van der Waals surface area contributed by atoms with Crippen molar-refractivity contribution in [3.05, 3.63) is 41.9 Å². The van der Waals surface area contributed by atoms with Crippen LogP contribution in [0.2, 0.25) is 0 Å². The lowest BCUT2D eigenvalue weighted by Crippen LogP contribution is -1.93. The molecule has 0 fully saturated rings. The fourth-order valence-corrected chi connectivity index (χ4v) is 1.58. The summed E-state index contributed by atoms with van der Waals surface area (Å²) in [5.74, 6) is 0.553. The van der Waals surface area contributed by atoms with Gasteiger partial charge in [0.15, 0.2) is 0 Å². The van der Waals surface area contributed by atoms with Crippen LogP contribution >= 0.6 is 0 Å². The molecule has 76 valence electrons. The summed E-state index contributed by atoms with van der Waals surface area (Å²) in [5.41, 5.74) is 10.0. The molecule has 2 aromatic rings. The smallest absolute Gasteiger partial charge is 0.123 e. The largest absolute Gasteiger partial charge is 0.384 e. The van der Waals surface area contributed by atoms with Gasteiger partial charge in [0.2, 0.25) is 0 Å². The first-order valence-electron chi connectivity index (χ1n) is 4.81. The second kappa shape index (κ2) is 3.69. The van der Waals surface area contributed by atoms with E-state index in [9.17, 15) is 0 Å². The van der Waals surface area contributed by atoms with Gasteiger partial charge >= 0.3 is 0 Å². The Kier molecular flexibility index (Phi) is 2.37. The number of rotatable bonds is 1. The molecule has 3 nitrogen and oxygen atoms in total. The summed E-state index contributed by atoms with van der Waals surface area (Å²) in [7, 11) is 0. The third-order valence-corrected chi connectivity index (χ3v) is 2.32. The molecule has 0 aliphatic carbocycles. The fraction of sp³-hybridized carbons (Fsp3) is 0.167. The zero-order chi connectivity index (χ0) is 10.8. The molecule has 2 aromatic heterocycles. The highest BCUT2D eigenvalue weighted by atomic mass is 14.8. The Balaban J connectivity index is 2.54. The van der Waals surface area contributed by atoms with Gasteiger partial charge in [0.1, 0.15) is 5.82 Å². The lowest BCUT2D eigenvalue weighted by atomic mass is 10.0. The number of nitrogen functional groups attached to an aromatic ring is 1. The molecule has 0 unspecified atom stereocenters. The summed E-state index contributed by atoms with van der Waals surface area (Å²) in [6.07, 6.45) is 5.47. The third kappa shape index (κ3) is 1.96. The molecule has 0 saturated carbocycles. The van der Waals surface area contributed by atoms with E-state index in [1.165, 1.54) is 0 Å². The second-order valence-corrected chi connectivity index (χ2v) is 3.68. The highest BCUT2D eigenvalue weighted by Gasteiger charge is 2.03. The van der Waals surface area contributed by atoms with Gasteiger partial charge in [-0.2, -0.15) is 0 Å². The van der Waals surface area contributed by atoms with Crippen molar-refractivity contribution < 1.29 is 0 Å². The van der Waals surface area contributed by atoms with Crippen molar-refractivity contribution in [2.75, 3.05) is 5.73 Å². The molecule has 15 heavy (non-hydrogen) atoms. The molecule has 0 spiro atoms. The van der Waals surface area contributed by atoms with E-state index in [1.54, 1.807) is 6.20 Å². The first-order valence-corrected chi connectivity index (χ1v) is 4.81. The minimum absolute atomic E-state index is 0.553. The van der Waals surface area contributed by atoms with Gasteiger partial charge in [-0.25, -0.2) is 4.98 Å². The Morgan fingerprint density at radius 3 is 2.53 bits per heavy atom.